The third kappa shape index (κ3) is 18.8. The molecule has 49 heavy (non-hydrogen) atoms. The van der Waals surface area contributed by atoms with E-state index >= 15 is 0 Å². The molecule has 0 unspecified atom stereocenters. The largest absolute Gasteiger partial charge is 4.00 e. The number of hydrogen-bond acceptors (Lipinski definition) is 8. The van der Waals surface area contributed by atoms with Crippen molar-refractivity contribution in [2.75, 3.05) is 13.2 Å². The van der Waals surface area contributed by atoms with Crippen LogP contribution in [0.2, 0.25) is 0 Å². The topological polar surface area (TPSA) is 232 Å². The van der Waals surface area contributed by atoms with Crippen molar-refractivity contribution in [3.05, 3.63) is 141 Å². The molecule has 2 aromatic carbocycles. The van der Waals surface area contributed by atoms with E-state index in [1.807, 2.05) is 50.2 Å². The fraction of sp³-hybridized carbons (Fsp3) is 0.294. The Morgan fingerprint density at radius 1 is 0.653 bits per heavy atom. The number of rotatable bonds is 8. The van der Waals surface area contributed by atoms with E-state index in [-0.39, 0.29) is 54.7 Å². The van der Waals surface area contributed by atoms with E-state index in [0.717, 1.165) is 25.7 Å². The second-order valence-corrected chi connectivity index (χ2v) is 9.42. The summed E-state index contributed by atoms with van der Waals surface area (Å²) in [5.74, 6) is 0.388. The van der Waals surface area contributed by atoms with Gasteiger partial charge in [0.05, 0.1) is 25.3 Å². The second-order valence-electron chi connectivity index (χ2n) is 9.42. The molecule has 0 bridgehead atoms. The number of pyridine rings is 2. The van der Waals surface area contributed by atoms with Gasteiger partial charge in [-0.2, -0.15) is 0 Å². The monoisotopic (exact) mass is 888 g/mol. The minimum Gasteiger partial charge on any atom is -0.870 e. The molecule has 252 valence electrons. The summed E-state index contributed by atoms with van der Waals surface area (Å²) in [7, 11) is 0. The summed E-state index contributed by atoms with van der Waals surface area (Å²) in [6, 6.07) is 21.8. The summed E-state index contributed by atoms with van der Waals surface area (Å²) in [6.07, 6.45) is 14.2. The van der Waals surface area contributed by atoms with Gasteiger partial charge in [0.15, 0.2) is 0 Å². The Morgan fingerprint density at radius 2 is 1.00 bits per heavy atom. The van der Waals surface area contributed by atoms with Crippen molar-refractivity contribution in [1.29, 1.82) is 0 Å². The van der Waals surface area contributed by atoms with E-state index in [9.17, 15) is 10.2 Å². The van der Waals surface area contributed by atoms with Gasteiger partial charge >= 0.3 is 31.1 Å². The minimum absolute atomic E-state index is 0. The molecule has 0 amide bonds. The third-order valence-electron chi connectivity index (χ3n) is 6.26. The molecule has 15 heteroatoms. The van der Waals surface area contributed by atoms with Gasteiger partial charge in [-0.05, 0) is 74.2 Å². The Kier molecular flexibility index (Phi) is 26.1. The van der Waals surface area contributed by atoms with Gasteiger partial charge in [-0.25, -0.2) is 0 Å². The first-order valence-corrected chi connectivity index (χ1v) is 15.1. The van der Waals surface area contributed by atoms with Crippen molar-refractivity contribution in [1.82, 2.24) is 9.97 Å². The molecule has 1 aliphatic carbocycles. The van der Waals surface area contributed by atoms with E-state index < -0.39 is 0 Å². The van der Waals surface area contributed by atoms with Crippen molar-refractivity contribution in [3.8, 4) is 23.0 Å². The van der Waals surface area contributed by atoms with Crippen LogP contribution in [-0.2, 0) is 0 Å². The van der Waals surface area contributed by atoms with E-state index in [4.69, 9.17) is 31.6 Å². The Labute approximate surface area is 310 Å². The van der Waals surface area contributed by atoms with Crippen LogP contribution in [0.1, 0.15) is 50.7 Å². The molecule has 1 aliphatic rings. The van der Waals surface area contributed by atoms with E-state index in [0.29, 0.717) is 35.8 Å². The number of benzene rings is 2. The van der Waals surface area contributed by atoms with Crippen molar-refractivity contribution >= 4 is 12.4 Å². The van der Waals surface area contributed by atoms with Gasteiger partial charge in [-0.15, -0.1) is 0 Å². The van der Waals surface area contributed by atoms with Gasteiger partial charge in [-0.3, -0.25) is 29.8 Å². The molecule has 0 spiro atoms. The second kappa shape index (κ2) is 29.1. The molecule has 0 N–H and O–H groups in total. The SMILES string of the molecule is CCOc1cccc(C=N[C@H]2CCCC[C@@H]2N=Cc2cccc(OCC)c2[O-])c1[O-].[N-]=[N+]=[N-].[N-]=[N+]=[N-].[U+4].c1ccncc1.c1ccncc1. The number of aliphatic imine (C=N–C) groups is 2. The molecule has 2 atom stereocenters. The zero-order valence-electron chi connectivity index (χ0n) is 27.4. The van der Waals surface area contributed by atoms with Crippen molar-refractivity contribution in [2.45, 2.75) is 51.6 Å². The van der Waals surface area contributed by atoms with Crippen LogP contribution in [0.15, 0.2) is 108 Å². The molecule has 4 aromatic rings. The minimum atomic E-state index is -0.150. The molecule has 0 radical (unpaired) electrons. The molecule has 5 rings (SSSR count). The van der Waals surface area contributed by atoms with Crippen molar-refractivity contribution in [2.24, 2.45) is 9.98 Å². The molecular weight excluding hydrogens is 850 g/mol. The van der Waals surface area contributed by atoms with Gasteiger partial charge < -0.3 is 41.8 Å². The average Bonchev–Trinajstić information content (AvgIpc) is 3.12. The average molecular weight is 889 g/mol. The summed E-state index contributed by atoms with van der Waals surface area (Å²) in [5, 5.41) is 24.9. The maximum absolute atomic E-state index is 12.5. The molecule has 1 saturated carbocycles. The van der Waals surface area contributed by atoms with Crippen molar-refractivity contribution in [3.63, 3.8) is 0 Å². The summed E-state index contributed by atoms with van der Waals surface area (Å²) >= 11 is 0. The number of nitrogens with zero attached hydrogens (tertiary/aromatic N) is 10. The first-order valence-electron chi connectivity index (χ1n) is 15.1. The molecule has 2 heterocycles. The molecule has 0 aliphatic heterocycles. The predicted octanol–water partition coefficient (Wildman–Crippen LogP) is 7.38. The van der Waals surface area contributed by atoms with Crippen LogP contribution >= 0.6 is 0 Å². The van der Waals surface area contributed by atoms with Gasteiger partial charge in [-0.1, -0.05) is 60.7 Å². The number of para-hydroxylation sites is 2. The Hall–Kier alpha value is -5.05. The smallest absolute Gasteiger partial charge is 0.870 e. The number of aromatic nitrogens is 2. The fourth-order valence-corrected chi connectivity index (χ4v) is 4.22. The van der Waals surface area contributed by atoms with Crippen LogP contribution in [0.4, 0.5) is 0 Å². The van der Waals surface area contributed by atoms with Crippen LogP contribution in [0.5, 0.6) is 23.0 Å². The third-order valence-corrected chi connectivity index (χ3v) is 6.26. The molecular formula is C34H38N10O4U. The van der Waals surface area contributed by atoms with Crippen LogP contribution in [0.3, 0.4) is 0 Å². The zero-order chi connectivity index (χ0) is 35.2. The Bertz CT molecular complexity index is 1380. The van der Waals surface area contributed by atoms with Crippen LogP contribution in [-0.4, -0.2) is 47.7 Å². The van der Waals surface area contributed by atoms with E-state index in [1.165, 1.54) is 9.82 Å². The first kappa shape index (κ1) is 44.0. The summed E-state index contributed by atoms with van der Waals surface area (Å²) in [6.45, 7) is 4.59. The van der Waals surface area contributed by atoms with Crippen LogP contribution in [0, 0.1) is 31.1 Å². The first-order chi connectivity index (χ1) is 23.5. The molecule has 14 nitrogen and oxygen atoms in total. The molecule has 2 aromatic heterocycles. The van der Waals surface area contributed by atoms with Gasteiger partial charge in [0.2, 0.25) is 0 Å². The number of ether oxygens (including phenoxy) is 2. The summed E-state index contributed by atoms with van der Waals surface area (Å²) in [5.41, 5.74) is 28.0. The molecule has 0 saturated heterocycles. The Morgan fingerprint density at radius 3 is 1.27 bits per heavy atom. The maximum atomic E-state index is 12.5. The zero-order valence-corrected chi connectivity index (χ0v) is 31.6. The van der Waals surface area contributed by atoms with E-state index in [2.05, 4.69) is 20.0 Å². The normalized spacial score (nSPS) is 14.2. The predicted molar refractivity (Wildman–Crippen MR) is 184 cm³/mol. The quantitative estimate of drug-likeness (QED) is 0.0757. The van der Waals surface area contributed by atoms with Crippen LogP contribution in [0.25, 0.3) is 31.9 Å². The summed E-state index contributed by atoms with van der Waals surface area (Å²) in [4.78, 5) is 19.9. The van der Waals surface area contributed by atoms with Gasteiger partial charge in [0.25, 0.3) is 0 Å². The van der Waals surface area contributed by atoms with E-state index in [1.54, 1.807) is 73.6 Å². The van der Waals surface area contributed by atoms with Gasteiger partial charge in [0.1, 0.15) is 11.5 Å². The Balaban J connectivity index is 0.000000984. The maximum Gasteiger partial charge on any atom is 4.00 e. The van der Waals surface area contributed by atoms with Crippen molar-refractivity contribution < 1.29 is 50.8 Å². The standard InChI is InChI=1S/C24H30N2O4.2C5H5N.2N3.U/c1-3-29-21-13-7-9-17(23(21)27)15-25-19-11-5-6-12-20(19)26-16-18-10-8-14-22(24(18)28)30-4-2;2*1-2-4-6-5-3-1;2*1-3-2;/h7-10,13-16,19-20,27-28H,3-6,11-12H2,1-2H3;2*1-5H;;;/q;;;2*-1;+4/p-2/t19-,20-;;;;;/m0...../s1. The number of hydrogen-bond donors (Lipinski definition) is 0. The fourth-order valence-electron chi connectivity index (χ4n) is 4.22. The van der Waals surface area contributed by atoms with Crippen LogP contribution < -0.4 is 19.7 Å². The van der Waals surface area contributed by atoms with Gasteiger partial charge in [0, 0.05) is 37.2 Å². The molecule has 1 fully saturated rings. The summed E-state index contributed by atoms with van der Waals surface area (Å²) < 4.78 is 10.8.